The average molecular weight is 406 g/mol. The van der Waals surface area contributed by atoms with E-state index in [2.05, 4.69) is 0 Å². The van der Waals surface area contributed by atoms with Crippen molar-refractivity contribution >= 4 is 23.9 Å². The maximum absolute atomic E-state index is 12.8. The van der Waals surface area contributed by atoms with Gasteiger partial charge in [-0.1, -0.05) is 18.2 Å². The zero-order valence-electron chi connectivity index (χ0n) is 16.2. The van der Waals surface area contributed by atoms with Crippen molar-refractivity contribution in [2.45, 2.75) is 20.0 Å². The molecule has 1 aliphatic rings. The Morgan fingerprint density at radius 2 is 1.93 bits per heavy atom. The molecule has 2 heterocycles. The van der Waals surface area contributed by atoms with Gasteiger partial charge < -0.3 is 14.6 Å². The number of hydrogen-bond donors (Lipinski definition) is 2. The summed E-state index contributed by atoms with van der Waals surface area (Å²) in [5.74, 6) is -1.97. The number of nitrogens with zero attached hydrogens (tertiary/aromatic N) is 2. The molecule has 1 aromatic heterocycles. The Kier molecular flexibility index (Phi) is 5.67. The van der Waals surface area contributed by atoms with Gasteiger partial charge in [-0.3, -0.25) is 14.5 Å². The first-order valence-corrected chi connectivity index (χ1v) is 9.04. The number of furan rings is 1. The minimum atomic E-state index is -1.10. The number of aliphatic hydroxyl groups excluding tert-OH is 1. The second-order valence-electron chi connectivity index (χ2n) is 6.79. The average Bonchev–Trinajstić information content (AvgIpc) is 3.17. The summed E-state index contributed by atoms with van der Waals surface area (Å²) in [5, 5.41) is 28.3. The first-order chi connectivity index (χ1) is 14.2. The van der Waals surface area contributed by atoms with Gasteiger partial charge in [0, 0.05) is 11.1 Å². The van der Waals surface area contributed by atoms with Crippen molar-refractivity contribution in [3.8, 4) is 17.4 Å². The third-order valence-corrected chi connectivity index (χ3v) is 4.61. The topological polar surface area (TPSA) is 132 Å². The van der Waals surface area contributed by atoms with Crippen molar-refractivity contribution < 1.29 is 29.0 Å². The third-order valence-electron chi connectivity index (χ3n) is 4.61. The van der Waals surface area contributed by atoms with Gasteiger partial charge >= 0.3 is 5.97 Å². The lowest BCUT2D eigenvalue weighted by Gasteiger charge is -2.28. The second kappa shape index (κ2) is 8.19. The molecule has 1 aromatic carbocycles. The Bertz CT molecular complexity index is 1150. The van der Waals surface area contributed by atoms with E-state index in [9.17, 15) is 29.9 Å². The first kappa shape index (κ1) is 20.8. The molecule has 152 valence electrons. The van der Waals surface area contributed by atoms with Crippen molar-refractivity contribution in [2.24, 2.45) is 0 Å². The van der Waals surface area contributed by atoms with Crippen LogP contribution in [0.25, 0.3) is 17.4 Å². The fourth-order valence-electron chi connectivity index (χ4n) is 3.16. The van der Waals surface area contributed by atoms with Crippen molar-refractivity contribution in [1.29, 1.82) is 5.26 Å². The number of benzene rings is 1. The number of carboxylic acids is 1. The Hall–Kier alpha value is -3.96. The van der Waals surface area contributed by atoms with Crippen molar-refractivity contribution in [1.82, 2.24) is 4.90 Å². The van der Waals surface area contributed by atoms with Crippen LogP contribution in [0.15, 0.2) is 57.5 Å². The number of carbonyl (C=O) groups excluding carboxylic acids is 2. The minimum Gasteiger partial charge on any atom is -0.478 e. The SMILES string of the molecule is CC1=C(C#N)C(=O)N(CC(C)O)C(=O)/C1=C/c1ccc(-c2ccccc2C(=O)O)o1. The molecule has 0 fully saturated rings. The summed E-state index contributed by atoms with van der Waals surface area (Å²) in [6.45, 7) is 2.67. The number of amides is 2. The predicted octanol–water partition coefficient (Wildman–Crippen LogP) is 2.62. The number of nitriles is 1. The molecule has 1 aliphatic heterocycles. The molecule has 2 N–H and O–H groups in total. The molecule has 0 saturated heterocycles. The maximum atomic E-state index is 12.8. The molecule has 0 bridgehead atoms. The van der Waals surface area contributed by atoms with E-state index in [0.717, 1.165) is 4.90 Å². The van der Waals surface area contributed by atoms with Crippen LogP contribution in [0.2, 0.25) is 0 Å². The molecule has 8 nitrogen and oxygen atoms in total. The van der Waals surface area contributed by atoms with Crippen LogP contribution in [-0.4, -0.2) is 45.5 Å². The maximum Gasteiger partial charge on any atom is 0.336 e. The van der Waals surface area contributed by atoms with Gasteiger partial charge in [0.2, 0.25) is 0 Å². The lowest BCUT2D eigenvalue weighted by atomic mass is 9.94. The van der Waals surface area contributed by atoms with E-state index >= 15 is 0 Å². The highest BCUT2D eigenvalue weighted by atomic mass is 16.4. The number of carbonyl (C=O) groups is 3. The molecule has 2 amide bonds. The van der Waals surface area contributed by atoms with Gasteiger partial charge in [0.15, 0.2) is 0 Å². The Morgan fingerprint density at radius 3 is 2.57 bits per heavy atom. The lowest BCUT2D eigenvalue weighted by molar-refractivity contribution is -0.141. The van der Waals surface area contributed by atoms with Crippen LogP contribution >= 0.6 is 0 Å². The van der Waals surface area contributed by atoms with Crippen LogP contribution in [0.5, 0.6) is 0 Å². The summed E-state index contributed by atoms with van der Waals surface area (Å²) in [7, 11) is 0. The number of rotatable bonds is 5. The fraction of sp³-hybridized carbons (Fsp3) is 0.182. The normalized spacial score (nSPS) is 16.7. The summed E-state index contributed by atoms with van der Waals surface area (Å²) in [6, 6.07) is 11.3. The fourth-order valence-corrected chi connectivity index (χ4v) is 3.16. The molecule has 3 rings (SSSR count). The van der Waals surface area contributed by atoms with E-state index < -0.39 is 23.9 Å². The zero-order chi connectivity index (χ0) is 22.0. The van der Waals surface area contributed by atoms with Crippen LogP contribution in [0.1, 0.15) is 30.0 Å². The number of β-amino-alcohol motifs (C(OH)–C–C–N with tert-alkyl or cyclic N) is 1. The Morgan fingerprint density at radius 1 is 1.23 bits per heavy atom. The van der Waals surface area contributed by atoms with Gasteiger partial charge in [0.25, 0.3) is 11.8 Å². The van der Waals surface area contributed by atoms with Crippen LogP contribution in [0.3, 0.4) is 0 Å². The molecular weight excluding hydrogens is 388 g/mol. The quantitative estimate of drug-likeness (QED) is 0.576. The summed E-state index contributed by atoms with van der Waals surface area (Å²) < 4.78 is 5.72. The van der Waals surface area contributed by atoms with E-state index in [-0.39, 0.29) is 34.6 Å². The monoisotopic (exact) mass is 406 g/mol. The zero-order valence-corrected chi connectivity index (χ0v) is 16.2. The smallest absolute Gasteiger partial charge is 0.336 e. The highest BCUT2D eigenvalue weighted by Gasteiger charge is 2.36. The van der Waals surface area contributed by atoms with Gasteiger partial charge in [-0.15, -0.1) is 0 Å². The van der Waals surface area contributed by atoms with Crippen molar-refractivity contribution in [2.75, 3.05) is 6.54 Å². The van der Waals surface area contributed by atoms with Crippen molar-refractivity contribution in [3.63, 3.8) is 0 Å². The molecule has 8 heteroatoms. The molecule has 1 atom stereocenters. The summed E-state index contributed by atoms with van der Waals surface area (Å²) in [5.41, 5.74) is 0.541. The first-order valence-electron chi connectivity index (χ1n) is 9.04. The molecule has 0 spiro atoms. The van der Waals surface area contributed by atoms with E-state index in [1.807, 2.05) is 6.07 Å². The van der Waals surface area contributed by atoms with Gasteiger partial charge in [-0.2, -0.15) is 5.26 Å². The van der Waals surface area contributed by atoms with E-state index in [4.69, 9.17) is 4.42 Å². The van der Waals surface area contributed by atoms with Gasteiger partial charge in [0.1, 0.15) is 23.2 Å². The molecule has 0 aliphatic carbocycles. The van der Waals surface area contributed by atoms with Crippen molar-refractivity contribution in [3.05, 3.63) is 64.4 Å². The predicted molar refractivity (Wildman–Crippen MR) is 106 cm³/mol. The highest BCUT2D eigenvalue weighted by molar-refractivity contribution is 6.19. The number of aliphatic hydroxyl groups is 1. The molecule has 30 heavy (non-hydrogen) atoms. The largest absolute Gasteiger partial charge is 0.478 e. The minimum absolute atomic E-state index is 0.0661. The Balaban J connectivity index is 2.06. The molecule has 2 aromatic rings. The lowest BCUT2D eigenvalue weighted by Crippen LogP contribution is -2.45. The molecule has 1 unspecified atom stereocenters. The highest BCUT2D eigenvalue weighted by Crippen LogP contribution is 2.30. The van der Waals surface area contributed by atoms with Gasteiger partial charge in [0.05, 0.1) is 18.2 Å². The second-order valence-corrected chi connectivity index (χ2v) is 6.79. The van der Waals surface area contributed by atoms with Crippen LogP contribution in [-0.2, 0) is 9.59 Å². The number of imide groups is 1. The van der Waals surface area contributed by atoms with Gasteiger partial charge in [-0.05, 0) is 43.7 Å². The van der Waals surface area contributed by atoms with Crippen LogP contribution in [0.4, 0.5) is 0 Å². The van der Waals surface area contributed by atoms with Gasteiger partial charge in [-0.25, -0.2) is 4.79 Å². The third kappa shape index (κ3) is 3.79. The van der Waals surface area contributed by atoms with E-state index in [1.165, 1.54) is 26.0 Å². The summed E-state index contributed by atoms with van der Waals surface area (Å²) in [4.78, 5) is 37.5. The number of carboxylic acid groups (broad SMARTS) is 1. The van der Waals surface area contributed by atoms with E-state index in [1.54, 1.807) is 30.3 Å². The molecule has 0 radical (unpaired) electrons. The van der Waals surface area contributed by atoms with E-state index in [0.29, 0.717) is 11.3 Å². The Labute approximate surface area is 172 Å². The summed E-state index contributed by atoms with van der Waals surface area (Å²) in [6.07, 6.45) is 0.434. The standard InChI is InChI=1S/C22H18N2O6/c1-12(25)11-24-20(26)17(13(2)18(10-23)21(24)27)9-14-7-8-19(30-14)15-5-3-4-6-16(15)22(28)29/h3-9,12,25H,11H2,1-2H3,(H,28,29)/b17-9+. The summed E-state index contributed by atoms with van der Waals surface area (Å²) >= 11 is 0. The van der Waals surface area contributed by atoms with Crippen LogP contribution in [0, 0.1) is 11.3 Å². The number of hydrogen-bond acceptors (Lipinski definition) is 6. The van der Waals surface area contributed by atoms with Crippen LogP contribution < -0.4 is 0 Å². The number of aromatic carboxylic acids is 1. The molecular formula is C22H18N2O6. The molecule has 0 saturated carbocycles.